The fourth-order valence-corrected chi connectivity index (χ4v) is 2.03. The average Bonchev–Trinajstić information content (AvgIpc) is 2.81. The predicted molar refractivity (Wildman–Crippen MR) is 65.0 cm³/mol. The second kappa shape index (κ2) is 4.94. The average molecular weight is 264 g/mol. The van der Waals surface area contributed by atoms with Gasteiger partial charge in [-0.15, -0.1) is 0 Å². The molecule has 0 spiro atoms. The largest absolute Gasteiger partial charge is 0.357 e. The van der Waals surface area contributed by atoms with E-state index < -0.39 is 11.2 Å². The molecule has 19 heavy (non-hydrogen) atoms. The van der Waals surface area contributed by atoms with Gasteiger partial charge >= 0.3 is 0 Å². The molecule has 3 rings (SSSR count). The quantitative estimate of drug-likeness (QED) is 0.614. The summed E-state index contributed by atoms with van der Waals surface area (Å²) in [7, 11) is 0. The number of ether oxygens (including phenoxy) is 2. The third-order valence-electron chi connectivity index (χ3n) is 3.06. The molecular weight excluding hydrogens is 252 g/mol. The molecule has 2 saturated heterocycles. The van der Waals surface area contributed by atoms with Crippen molar-refractivity contribution < 1.29 is 19.2 Å². The van der Waals surface area contributed by atoms with Gasteiger partial charge in [0.05, 0.1) is 17.6 Å². The maximum absolute atomic E-state index is 10.5. The summed E-state index contributed by atoms with van der Waals surface area (Å²) in [5, 5.41) is 14.5. The Hall–Kier alpha value is -1.99. The first-order valence-corrected chi connectivity index (χ1v) is 5.97. The molecule has 7 heteroatoms. The number of benzene rings is 1. The van der Waals surface area contributed by atoms with Crippen molar-refractivity contribution in [2.24, 2.45) is 5.16 Å². The molecule has 0 N–H and O–H groups in total. The molecular formula is C12H12N2O5. The minimum absolute atomic E-state index is 0.0166. The van der Waals surface area contributed by atoms with Crippen LogP contribution in [-0.4, -0.2) is 29.6 Å². The van der Waals surface area contributed by atoms with Crippen molar-refractivity contribution in [2.45, 2.75) is 25.2 Å². The van der Waals surface area contributed by atoms with Crippen molar-refractivity contribution >= 4 is 11.4 Å². The molecule has 0 aromatic heterocycles. The summed E-state index contributed by atoms with van der Waals surface area (Å²) in [4.78, 5) is 15.3. The smallest absolute Gasteiger partial charge is 0.269 e. The molecule has 2 bridgehead atoms. The van der Waals surface area contributed by atoms with Gasteiger partial charge in [0.2, 0.25) is 6.29 Å². The Morgan fingerprint density at radius 2 is 2.16 bits per heavy atom. The Morgan fingerprint density at radius 1 is 1.37 bits per heavy atom. The van der Waals surface area contributed by atoms with Gasteiger partial charge in [-0.3, -0.25) is 10.1 Å². The predicted octanol–water partition coefficient (Wildman–Crippen LogP) is 1.86. The normalized spacial score (nSPS) is 27.5. The zero-order chi connectivity index (χ0) is 13.2. The number of nitro groups is 1. The topological polar surface area (TPSA) is 83.2 Å². The molecule has 2 atom stereocenters. The molecule has 0 unspecified atom stereocenters. The third kappa shape index (κ3) is 2.56. The third-order valence-corrected chi connectivity index (χ3v) is 3.06. The van der Waals surface area contributed by atoms with Crippen molar-refractivity contribution in [1.82, 2.24) is 0 Å². The van der Waals surface area contributed by atoms with E-state index in [4.69, 9.17) is 14.3 Å². The van der Waals surface area contributed by atoms with Crippen molar-refractivity contribution in [3.05, 3.63) is 34.4 Å². The van der Waals surface area contributed by atoms with E-state index in [0.717, 1.165) is 12.8 Å². The summed E-state index contributed by atoms with van der Waals surface area (Å²) in [5.74, 6) is 0.443. The highest BCUT2D eigenvalue weighted by atomic mass is 16.7. The highest BCUT2D eigenvalue weighted by Gasteiger charge is 2.35. The lowest BCUT2D eigenvalue weighted by molar-refractivity contribution is -0.384. The number of hydrogen-bond acceptors (Lipinski definition) is 6. The van der Waals surface area contributed by atoms with Gasteiger partial charge < -0.3 is 14.3 Å². The lowest BCUT2D eigenvalue weighted by Crippen LogP contribution is -2.28. The Balaban J connectivity index is 1.66. The van der Waals surface area contributed by atoms with Crippen LogP contribution in [0.1, 0.15) is 12.8 Å². The molecule has 0 saturated carbocycles. The van der Waals surface area contributed by atoms with Crippen LogP contribution in [0, 0.1) is 10.1 Å². The highest BCUT2D eigenvalue weighted by molar-refractivity contribution is 5.88. The van der Waals surface area contributed by atoms with E-state index in [0.29, 0.717) is 18.1 Å². The van der Waals surface area contributed by atoms with Crippen LogP contribution in [0.15, 0.2) is 29.4 Å². The Bertz CT molecular complexity index is 513. The van der Waals surface area contributed by atoms with Crippen LogP contribution < -0.4 is 4.84 Å². The van der Waals surface area contributed by atoms with Gasteiger partial charge in [-0.25, -0.2) is 0 Å². The van der Waals surface area contributed by atoms with Crippen molar-refractivity contribution in [1.29, 1.82) is 0 Å². The maximum atomic E-state index is 10.5. The molecule has 2 aliphatic heterocycles. The summed E-state index contributed by atoms with van der Waals surface area (Å²) in [6, 6.07) is 5.75. The number of fused-ring (bicyclic) bond motifs is 2. The Morgan fingerprint density at radius 3 is 2.89 bits per heavy atom. The number of nitro benzene ring substituents is 1. The van der Waals surface area contributed by atoms with Gasteiger partial charge in [0.1, 0.15) is 5.71 Å². The van der Waals surface area contributed by atoms with Crippen LogP contribution in [0.2, 0.25) is 0 Å². The summed E-state index contributed by atoms with van der Waals surface area (Å²) >= 11 is 0. The number of oxime groups is 1. The first-order chi connectivity index (χ1) is 9.22. The minimum atomic E-state index is -0.461. The van der Waals surface area contributed by atoms with Gasteiger partial charge in [0.25, 0.3) is 5.69 Å². The zero-order valence-electron chi connectivity index (χ0n) is 10.0. The standard InChI is InChI=1S/C12H12N2O5/c15-14(16)8-1-3-9(4-2-8)19-13-11-6-5-10-7-17-12(11)18-10/h1-4,10,12H,5-7H2/b13-11+/t10-,12+/m0/s1. The molecule has 100 valence electrons. The lowest BCUT2D eigenvalue weighted by Gasteiger charge is -2.18. The second-order valence-corrected chi connectivity index (χ2v) is 4.39. The van der Waals surface area contributed by atoms with Crippen molar-refractivity contribution in [3.8, 4) is 5.75 Å². The van der Waals surface area contributed by atoms with Gasteiger partial charge in [0, 0.05) is 12.1 Å². The summed E-state index contributed by atoms with van der Waals surface area (Å²) in [6.45, 7) is 0.598. The van der Waals surface area contributed by atoms with Crippen LogP contribution in [0.5, 0.6) is 5.75 Å². The van der Waals surface area contributed by atoms with Crippen LogP contribution in [-0.2, 0) is 9.47 Å². The summed E-state index contributed by atoms with van der Waals surface area (Å²) in [6.07, 6.45) is 1.42. The van der Waals surface area contributed by atoms with Gasteiger partial charge in [-0.1, -0.05) is 5.16 Å². The number of hydrogen-bond donors (Lipinski definition) is 0. The van der Waals surface area contributed by atoms with E-state index in [9.17, 15) is 10.1 Å². The van der Waals surface area contributed by atoms with E-state index in [1.165, 1.54) is 24.3 Å². The molecule has 0 radical (unpaired) electrons. The number of rotatable bonds is 3. The molecule has 1 aromatic carbocycles. The Labute approximate surface area is 108 Å². The second-order valence-electron chi connectivity index (χ2n) is 4.39. The molecule has 1 aromatic rings. The fourth-order valence-electron chi connectivity index (χ4n) is 2.03. The summed E-state index contributed by atoms with van der Waals surface area (Å²) < 4.78 is 10.9. The van der Waals surface area contributed by atoms with Crippen molar-refractivity contribution in [2.75, 3.05) is 6.61 Å². The first kappa shape index (κ1) is 12.1. The monoisotopic (exact) mass is 264 g/mol. The van der Waals surface area contributed by atoms with Crippen LogP contribution in [0.4, 0.5) is 5.69 Å². The van der Waals surface area contributed by atoms with E-state index in [1.54, 1.807) is 0 Å². The SMILES string of the molecule is O=[N+]([O-])c1ccc(O/N=C2\CC[C@H]3CO[C@@H]2O3)cc1. The van der Waals surface area contributed by atoms with Gasteiger partial charge in [0.15, 0.2) is 5.75 Å². The fraction of sp³-hybridized carbons (Fsp3) is 0.417. The van der Waals surface area contributed by atoms with E-state index in [-0.39, 0.29) is 11.8 Å². The van der Waals surface area contributed by atoms with Gasteiger partial charge in [-0.05, 0) is 25.0 Å². The minimum Gasteiger partial charge on any atom is -0.357 e. The summed E-state index contributed by atoms with van der Waals surface area (Å²) in [5.41, 5.74) is 0.732. The maximum Gasteiger partial charge on any atom is 0.269 e. The molecule has 0 amide bonds. The van der Waals surface area contributed by atoms with E-state index in [1.807, 2.05) is 0 Å². The molecule has 7 nitrogen and oxygen atoms in total. The van der Waals surface area contributed by atoms with Crippen LogP contribution in [0.3, 0.4) is 0 Å². The molecule has 2 aliphatic rings. The van der Waals surface area contributed by atoms with Gasteiger partial charge in [-0.2, -0.15) is 0 Å². The van der Waals surface area contributed by atoms with E-state index >= 15 is 0 Å². The van der Waals surface area contributed by atoms with Crippen LogP contribution in [0.25, 0.3) is 0 Å². The molecule has 2 fully saturated rings. The zero-order valence-corrected chi connectivity index (χ0v) is 10.0. The highest BCUT2D eigenvalue weighted by Crippen LogP contribution is 2.25. The number of nitrogens with zero attached hydrogens (tertiary/aromatic N) is 2. The Kier molecular flexibility index (Phi) is 3.14. The molecule has 2 heterocycles. The molecule has 0 aliphatic carbocycles. The number of non-ortho nitro benzene ring substituents is 1. The lowest BCUT2D eigenvalue weighted by atomic mass is 10.1. The van der Waals surface area contributed by atoms with E-state index in [2.05, 4.69) is 5.16 Å². The first-order valence-electron chi connectivity index (χ1n) is 5.97. The van der Waals surface area contributed by atoms with Crippen molar-refractivity contribution in [3.63, 3.8) is 0 Å². The van der Waals surface area contributed by atoms with Crippen LogP contribution >= 0.6 is 0 Å².